The molecule has 2 heterocycles. The number of benzene rings is 2. The SMILES string of the molecule is COc1cc(Cc2sc(N3CCN(C)CC3)nc2O)ccc1OCc1ccccc1C#N. The summed E-state index contributed by atoms with van der Waals surface area (Å²) in [7, 11) is 3.72. The van der Waals surface area contributed by atoms with Crippen molar-refractivity contribution in [2.24, 2.45) is 0 Å². The Hall–Kier alpha value is -3.28. The van der Waals surface area contributed by atoms with Gasteiger partial charge >= 0.3 is 0 Å². The number of nitrogens with zero attached hydrogens (tertiary/aromatic N) is 4. The van der Waals surface area contributed by atoms with Crippen LogP contribution in [0.1, 0.15) is 21.6 Å². The number of piperazine rings is 1. The van der Waals surface area contributed by atoms with E-state index in [4.69, 9.17) is 9.47 Å². The minimum absolute atomic E-state index is 0.0938. The smallest absolute Gasteiger partial charge is 0.227 e. The maximum Gasteiger partial charge on any atom is 0.227 e. The lowest BCUT2D eigenvalue weighted by Crippen LogP contribution is -2.44. The maximum absolute atomic E-state index is 10.4. The Labute approximate surface area is 192 Å². The van der Waals surface area contributed by atoms with Crippen LogP contribution in [0.15, 0.2) is 42.5 Å². The molecule has 0 amide bonds. The van der Waals surface area contributed by atoms with E-state index >= 15 is 0 Å². The first-order chi connectivity index (χ1) is 15.6. The van der Waals surface area contributed by atoms with Crippen molar-refractivity contribution in [3.63, 3.8) is 0 Å². The van der Waals surface area contributed by atoms with Gasteiger partial charge < -0.3 is 24.4 Å². The highest BCUT2D eigenvalue weighted by molar-refractivity contribution is 7.15. The van der Waals surface area contributed by atoms with Crippen molar-refractivity contribution >= 4 is 16.5 Å². The van der Waals surface area contributed by atoms with Gasteiger partial charge in [0, 0.05) is 38.2 Å². The molecule has 7 nitrogen and oxygen atoms in total. The van der Waals surface area contributed by atoms with E-state index in [9.17, 15) is 10.4 Å². The topological polar surface area (TPSA) is 81.8 Å². The van der Waals surface area contributed by atoms with E-state index in [1.54, 1.807) is 13.2 Å². The molecule has 4 rings (SSSR count). The van der Waals surface area contributed by atoms with Gasteiger partial charge in [0.2, 0.25) is 5.88 Å². The molecule has 0 radical (unpaired) electrons. The predicted octanol–water partition coefficient (Wildman–Crippen LogP) is 3.65. The Morgan fingerprint density at radius 3 is 2.66 bits per heavy atom. The first kappa shape index (κ1) is 21.9. The molecular formula is C24H26N4O3S. The van der Waals surface area contributed by atoms with E-state index in [0.717, 1.165) is 47.3 Å². The molecule has 166 valence electrons. The number of rotatable bonds is 7. The number of hydrogen-bond donors (Lipinski definition) is 1. The Morgan fingerprint density at radius 1 is 1.12 bits per heavy atom. The lowest BCUT2D eigenvalue weighted by Gasteiger charge is -2.31. The van der Waals surface area contributed by atoms with Crippen molar-refractivity contribution in [3.05, 3.63) is 64.0 Å². The van der Waals surface area contributed by atoms with Gasteiger partial charge in [-0.2, -0.15) is 10.2 Å². The first-order valence-corrected chi connectivity index (χ1v) is 11.3. The summed E-state index contributed by atoms with van der Waals surface area (Å²) in [6, 6.07) is 15.3. The molecule has 2 aromatic carbocycles. The Kier molecular flexibility index (Phi) is 6.78. The number of ether oxygens (including phenoxy) is 2. The molecule has 0 atom stereocenters. The van der Waals surface area contributed by atoms with Crippen molar-refractivity contribution in [2.45, 2.75) is 13.0 Å². The normalized spacial score (nSPS) is 14.2. The zero-order valence-corrected chi connectivity index (χ0v) is 19.1. The summed E-state index contributed by atoms with van der Waals surface area (Å²) < 4.78 is 11.5. The molecule has 0 saturated carbocycles. The largest absolute Gasteiger partial charge is 0.493 e. The van der Waals surface area contributed by atoms with E-state index in [1.165, 1.54) is 11.3 Å². The van der Waals surface area contributed by atoms with Gasteiger partial charge in [-0.1, -0.05) is 35.6 Å². The number of hydrogen-bond acceptors (Lipinski definition) is 8. The molecular weight excluding hydrogens is 424 g/mol. The quantitative estimate of drug-likeness (QED) is 0.588. The average molecular weight is 451 g/mol. The number of likely N-dealkylation sites (N-methyl/N-ethyl adjacent to an activating group) is 1. The molecule has 0 bridgehead atoms. The summed E-state index contributed by atoms with van der Waals surface area (Å²) in [4.78, 5) is 9.74. The summed E-state index contributed by atoms with van der Waals surface area (Å²) in [5.74, 6) is 1.31. The van der Waals surface area contributed by atoms with E-state index < -0.39 is 0 Å². The molecule has 32 heavy (non-hydrogen) atoms. The molecule has 3 aromatic rings. The highest BCUT2D eigenvalue weighted by atomic mass is 32.1. The van der Waals surface area contributed by atoms with Crippen LogP contribution in [0, 0.1) is 11.3 Å². The standard InChI is InChI=1S/C24H26N4O3S/c1-27-9-11-28(12-10-27)24-26-23(29)22(32-24)14-17-7-8-20(21(13-17)30-2)31-16-19-6-4-3-5-18(19)15-25/h3-8,13,29H,9-12,14,16H2,1-2H3. The highest BCUT2D eigenvalue weighted by Crippen LogP contribution is 2.35. The molecule has 1 N–H and O–H groups in total. The molecule has 1 aliphatic heterocycles. The summed E-state index contributed by atoms with van der Waals surface area (Å²) in [6.45, 7) is 4.10. The second-order valence-electron chi connectivity index (χ2n) is 7.75. The lowest BCUT2D eigenvalue weighted by molar-refractivity contribution is 0.284. The third kappa shape index (κ3) is 4.96. The highest BCUT2D eigenvalue weighted by Gasteiger charge is 2.20. The van der Waals surface area contributed by atoms with Gasteiger partial charge in [-0.25, -0.2) is 0 Å². The summed E-state index contributed by atoms with van der Waals surface area (Å²) >= 11 is 1.53. The van der Waals surface area contributed by atoms with Crippen molar-refractivity contribution in [3.8, 4) is 23.4 Å². The van der Waals surface area contributed by atoms with Crippen molar-refractivity contribution in [1.29, 1.82) is 5.26 Å². The summed E-state index contributed by atoms with van der Waals surface area (Å²) in [5, 5.41) is 20.5. The molecule has 0 unspecified atom stereocenters. The van der Waals surface area contributed by atoms with Gasteiger partial charge in [0.05, 0.1) is 23.6 Å². The Morgan fingerprint density at radius 2 is 1.91 bits per heavy atom. The van der Waals surface area contributed by atoms with Crippen molar-refractivity contribution in [2.75, 3.05) is 45.2 Å². The number of aromatic hydroxyl groups is 1. The lowest BCUT2D eigenvalue weighted by atomic mass is 10.1. The Bertz CT molecular complexity index is 1120. The zero-order valence-electron chi connectivity index (χ0n) is 18.2. The maximum atomic E-state index is 10.4. The molecule has 1 aliphatic rings. The van der Waals surface area contributed by atoms with Gasteiger partial charge in [0.1, 0.15) is 6.61 Å². The fourth-order valence-electron chi connectivity index (χ4n) is 3.62. The van der Waals surface area contributed by atoms with Gasteiger partial charge in [0.15, 0.2) is 16.6 Å². The summed E-state index contributed by atoms with van der Waals surface area (Å²) in [5.41, 5.74) is 2.42. The van der Waals surface area contributed by atoms with Crippen LogP contribution < -0.4 is 14.4 Å². The number of methoxy groups -OCH3 is 1. The van der Waals surface area contributed by atoms with Crippen LogP contribution in [0.25, 0.3) is 0 Å². The average Bonchev–Trinajstić information content (AvgIpc) is 3.18. The molecule has 0 spiro atoms. The monoisotopic (exact) mass is 450 g/mol. The number of anilines is 1. The number of nitriles is 1. The van der Waals surface area contributed by atoms with Gasteiger partial charge in [-0.15, -0.1) is 0 Å². The Balaban J connectivity index is 1.46. The fraction of sp³-hybridized carbons (Fsp3) is 0.333. The van der Waals surface area contributed by atoms with Crippen LogP contribution >= 0.6 is 11.3 Å². The van der Waals surface area contributed by atoms with Gasteiger partial charge in [0.25, 0.3) is 0 Å². The predicted molar refractivity (Wildman–Crippen MR) is 125 cm³/mol. The first-order valence-electron chi connectivity index (χ1n) is 10.5. The molecule has 8 heteroatoms. The van der Waals surface area contributed by atoms with Crippen LogP contribution in [-0.4, -0.2) is 55.3 Å². The van der Waals surface area contributed by atoms with Crippen molar-refractivity contribution in [1.82, 2.24) is 9.88 Å². The molecule has 1 saturated heterocycles. The van der Waals surface area contributed by atoms with E-state index in [0.29, 0.717) is 23.5 Å². The summed E-state index contributed by atoms with van der Waals surface area (Å²) in [6.07, 6.45) is 0.561. The minimum Gasteiger partial charge on any atom is -0.493 e. The van der Waals surface area contributed by atoms with Gasteiger partial charge in [-0.05, 0) is 30.8 Å². The third-order valence-corrected chi connectivity index (χ3v) is 6.66. The fourth-order valence-corrected chi connectivity index (χ4v) is 4.66. The molecule has 1 fully saturated rings. The van der Waals surface area contributed by atoms with E-state index in [2.05, 4.69) is 27.9 Å². The zero-order chi connectivity index (χ0) is 22.5. The van der Waals surface area contributed by atoms with Crippen LogP contribution in [0.5, 0.6) is 17.4 Å². The van der Waals surface area contributed by atoms with Crippen LogP contribution in [-0.2, 0) is 13.0 Å². The van der Waals surface area contributed by atoms with E-state index in [-0.39, 0.29) is 12.5 Å². The minimum atomic E-state index is 0.0938. The van der Waals surface area contributed by atoms with Crippen molar-refractivity contribution < 1.29 is 14.6 Å². The molecule has 0 aliphatic carbocycles. The van der Waals surface area contributed by atoms with Gasteiger partial charge in [-0.3, -0.25) is 0 Å². The van der Waals surface area contributed by atoms with E-state index in [1.807, 2.05) is 36.4 Å². The second-order valence-corrected chi connectivity index (χ2v) is 8.82. The second kappa shape index (κ2) is 9.90. The van der Waals surface area contributed by atoms with Crippen LogP contribution in [0.4, 0.5) is 5.13 Å². The van der Waals surface area contributed by atoms with Crippen LogP contribution in [0.2, 0.25) is 0 Å². The van der Waals surface area contributed by atoms with Crippen LogP contribution in [0.3, 0.4) is 0 Å². The number of thiazole rings is 1. The molecule has 1 aromatic heterocycles. The third-order valence-electron chi connectivity index (χ3n) is 5.55. The number of aromatic nitrogens is 1.